The number of piperidine rings is 1. The van der Waals surface area contributed by atoms with Crippen LogP contribution in [0.25, 0.3) is 11.1 Å². The fourth-order valence-corrected chi connectivity index (χ4v) is 4.60. The SMILES string of the molecule is CNCC1CCN(C(=O)CCCc2ccc3c(c2)-c2ccccc2C3)CC1.Cl. The van der Waals surface area contributed by atoms with Gasteiger partial charge in [-0.2, -0.15) is 0 Å². The molecule has 150 valence electrons. The van der Waals surface area contributed by atoms with E-state index in [2.05, 4.69) is 52.7 Å². The minimum atomic E-state index is 0. The van der Waals surface area contributed by atoms with Crippen molar-refractivity contribution in [1.29, 1.82) is 0 Å². The molecule has 1 saturated heterocycles. The van der Waals surface area contributed by atoms with Gasteiger partial charge in [0, 0.05) is 19.5 Å². The number of hydrogen-bond acceptors (Lipinski definition) is 2. The van der Waals surface area contributed by atoms with Crippen LogP contribution in [0.2, 0.25) is 0 Å². The Bertz CT molecular complexity index is 812. The molecular weight excluding hydrogens is 368 g/mol. The van der Waals surface area contributed by atoms with Crippen molar-refractivity contribution in [3.8, 4) is 11.1 Å². The molecule has 2 aromatic carbocycles. The Morgan fingerprint density at radius 1 is 1.07 bits per heavy atom. The van der Waals surface area contributed by atoms with Crippen LogP contribution in [0.3, 0.4) is 0 Å². The summed E-state index contributed by atoms with van der Waals surface area (Å²) >= 11 is 0. The van der Waals surface area contributed by atoms with E-state index in [1.54, 1.807) is 0 Å². The summed E-state index contributed by atoms with van der Waals surface area (Å²) in [4.78, 5) is 14.6. The van der Waals surface area contributed by atoms with E-state index in [4.69, 9.17) is 0 Å². The number of benzene rings is 2. The molecule has 0 aromatic heterocycles. The second kappa shape index (κ2) is 9.58. The normalized spacial score (nSPS) is 15.7. The molecule has 4 rings (SSSR count). The molecule has 2 aliphatic rings. The molecule has 0 bridgehead atoms. The van der Waals surface area contributed by atoms with Crippen molar-refractivity contribution in [2.75, 3.05) is 26.7 Å². The third-order valence-corrected chi connectivity index (χ3v) is 6.18. The van der Waals surface area contributed by atoms with E-state index in [0.717, 1.165) is 57.7 Å². The van der Waals surface area contributed by atoms with Crippen LogP contribution in [0.4, 0.5) is 0 Å². The van der Waals surface area contributed by atoms with Gasteiger partial charge in [0.1, 0.15) is 0 Å². The Labute approximate surface area is 174 Å². The largest absolute Gasteiger partial charge is 0.343 e. The van der Waals surface area contributed by atoms with Gasteiger partial charge in [-0.3, -0.25) is 4.79 Å². The number of carbonyl (C=O) groups is 1. The summed E-state index contributed by atoms with van der Waals surface area (Å²) in [6.45, 7) is 2.94. The van der Waals surface area contributed by atoms with Gasteiger partial charge < -0.3 is 10.2 Å². The highest BCUT2D eigenvalue weighted by Crippen LogP contribution is 2.37. The first-order chi connectivity index (χ1) is 13.2. The molecule has 3 nitrogen and oxygen atoms in total. The molecule has 1 amide bonds. The molecule has 28 heavy (non-hydrogen) atoms. The molecule has 1 fully saturated rings. The predicted octanol–water partition coefficient (Wildman–Crippen LogP) is 4.46. The lowest BCUT2D eigenvalue weighted by Gasteiger charge is -2.32. The lowest BCUT2D eigenvalue weighted by atomic mass is 9.96. The van der Waals surface area contributed by atoms with E-state index >= 15 is 0 Å². The minimum Gasteiger partial charge on any atom is -0.343 e. The number of nitrogens with one attached hydrogen (secondary N) is 1. The molecule has 1 N–H and O–H groups in total. The Morgan fingerprint density at radius 3 is 2.61 bits per heavy atom. The van der Waals surface area contributed by atoms with Crippen molar-refractivity contribution < 1.29 is 4.79 Å². The maximum absolute atomic E-state index is 12.5. The van der Waals surface area contributed by atoms with E-state index in [-0.39, 0.29) is 12.4 Å². The van der Waals surface area contributed by atoms with Gasteiger partial charge in [0.05, 0.1) is 0 Å². The fraction of sp³-hybridized carbons (Fsp3) is 0.458. The fourth-order valence-electron chi connectivity index (χ4n) is 4.60. The van der Waals surface area contributed by atoms with Crippen LogP contribution in [0.15, 0.2) is 42.5 Å². The average Bonchev–Trinajstić information content (AvgIpc) is 3.07. The monoisotopic (exact) mass is 398 g/mol. The molecule has 1 aliphatic heterocycles. The van der Waals surface area contributed by atoms with Gasteiger partial charge in [-0.1, -0.05) is 42.5 Å². The van der Waals surface area contributed by atoms with E-state index in [9.17, 15) is 4.79 Å². The van der Waals surface area contributed by atoms with Gasteiger partial charge >= 0.3 is 0 Å². The van der Waals surface area contributed by atoms with Gasteiger partial charge in [0.2, 0.25) is 5.91 Å². The van der Waals surface area contributed by atoms with E-state index in [0.29, 0.717) is 12.3 Å². The summed E-state index contributed by atoms with van der Waals surface area (Å²) in [6.07, 6.45) is 5.92. The van der Waals surface area contributed by atoms with Gasteiger partial charge in [-0.25, -0.2) is 0 Å². The zero-order chi connectivity index (χ0) is 18.6. The summed E-state index contributed by atoms with van der Waals surface area (Å²) < 4.78 is 0. The molecule has 1 aliphatic carbocycles. The molecule has 4 heteroatoms. The number of aryl methyl sites for hydroxylation is 1. The molecule has 2 aromatic rings. The zero-order valence-electron chi connectivity index (χ0n) is 16.7. The maximum atomic E-state index is 12.5. The lowest BCUT2D eigenvalue weighted by Crippen LogP contribution is -2.40. The van der Waals surface area contributed by atoms with Crippen molar-refractivity contribution in [3.63, 3.8) is 0 Å². The van der Waals surface area contributed by atoms with Gasteiger partial charge in [-0.05, 0) is 79.4 Å². The average molecular weight is 399 g/mol. The maximum Gasteiger partial charge on any atom is 0.222 e. The summed E-state index contributed by atoms with van der Waals surface area (Å²) in [7, 11) is 2.01. The number of hydrogen-bond donors (Lipinski definition) is 1. The van der Waals surface area contributed by atoms with Crippen LogP contribution >= 0.6 is 12.4 Å². The third-order valence-electron chi connectivity index (χ3n) is 6.18. The van der Waals surface area contributed by atoms with Gasteiger partial charge in [-0.15, -0.1) is 12.4 Å². The van der Waals surface area contributed by atoms with Crippen LogP contribution in [0.1, 0.15) is 42.4 Å². The smallest absolute Gasteiger partial charge is 0.222 e. The quantitative estimate of drug-likeness (QED) is 0.664. The minimum absolute atomic E-state index is 0. The van der Waals surface area contributed by atoms with E-state index < -0.39 is 0 Å². The van der Waals surface area contributed by atoms with Crippen molar-refractivity contribution in [3.05, 3.63) is 59.2 Å². The van der Waals surface area contributed by atoms with E-state index in [1.165, 1.54) is 27.8 Å². The van der Waals surface area contributed by atoms with Crippen LogP contribution < -0.4 is 5.32 Å². The lowest BCUT2D eigenvalue weighted by molar-refractivity contribution is -0.132. The Balaban J connectivity index is 0.00000225. The van der Waals surface area contributed by atoms with Crippen LogP contribution in [-0.4, -0.2) is 37.5 Å². The highest BCUT2D eigenvalue weighted by Gasteiger charge is 2.22. The van der Waals surface area contributed by atoms with Crippen molar-refractivity contribution >= 4 is 18.3 Å². The molecule has 0 unspecified atom stereocenters. The predicted molar refractivity (Wildman–Crippen MR) is 118 cm³/mol. The Morgan fingerprint density at radius 2 is 1.82 bits per heavy atom. The number of likely N-dealkylation sites (tertiary alicyclic amines) is 1. The summed E-state index contributed by atoms with van der Waals surface area (Å²) in [6, 6.07) is 15.6. The molecule has 0 saturated carbocycles. The first-order valence-electron chi connectivity index (χ1n) is 10.4. The Hall–Kier alpha value is -1.84. The zero-order valence-corrected chi connectivity index (χ0v) is 17.6. The standard InChI is InChI=1S/C24H30N2O.ClH/c1-25-17-19-11-13-26(14-12-19)24(27)8-4-5-18-9-10-21-16-20-6-2-3-7-22(20)23(21)15-18;/h2-3,6-7,9-10,15,19,25H,4-5,8,11-14,16-17H2,1H3;1H. The topological polar surface area (TPSA) is 32.3 Å². The molecular formula is C24H31ClN2O. The first-order valence-corrected chi connectivity index (χ1v) is 10.4. The number of fused-ring (bicyclic) bond motifs is 3. The number of carbonyl (C=O) groups excluding carboxylic acids is 1. The molecule has 0 atom stereocenters. The second-order valence-corrected chi connectivity index (χ2v) is 8.06. The summed E-state index contributed by atoms with van der Waals surface area (Å²) in [5, 5.41) is 3.25. The van der Waals surface area contributed by atoms with Gasteiger partial charge in [0.25, 0.3) is 0 Å². The first kappa shape index (κ1) is 20.9. The summed E-state index contributed by atoms with van der Waals surface area (Å²) in [5.41, 5.74) is 6.99. The highest BCUT2D eigenvalue weighted by atomic mass is 35.5. The van der Waals surface area contributed by atoms with Crippen LogP contribution in [0.5, 0.6) is 0 Å². The second-order valence-electron chi connectivity index (χ2n) is 8.06. The number of nitrogens with zero attached hydrogens (tertiary/aromatic N) is 1. The number of halogens is 1. The number of amides is 1. The van der Waals surface area contributed by atoms with Gasteiger partial charge in [0.15, 0.2) is 0 Å². The highest BCUT2D eigenvalue weighted by molar-refractivity contribution is 5.85. The molecule has 0 spiro atoms. The van der Waals surface area contributed by atoms with Crippen LogP contribution in [-0.2, 0) is 17.6 Å². The van der Waals surface area contributed by atoms with Crippen molar-refractivity contribution in [2.24, 2.45) is 5.92 Å². The van der Waals surface area contributed by atoms with E-state index in [1.807, 2.05) is 7.05 Å². The third kappa shape index (κ3) is 4.59. The Kier molecular flexibility index (Phi) is 7.14. The summed E-state index contributed by atoms with van der Waals surface area (Å²) in [5.74, 6) is 1.07. The van der Waals surface area contributed by atoms with Crippen molar-refractivity contribution in [1.82, 2.24) is 10.2 Å². The molecule has 1 heterocycles. The van der Waals surface area contributed by atoms with Crippen LogP contribution in [0, 0.1) is 5.92 Å². The van der Waals surface area contributed by atoms with Crippen molar-refractivity contribution in [2.45, 2.75) is 38.5 Å². The number of rotatable bonds is 6. The molecule has 0 radical (unpaired) electrons.